The summed E-state index contributed by atoms with van der Waals surface area (Å²) < 4.78 is 2.21. The molecule has 0 bridgehead atoms. The van der Waals surface area contributed by atoms with E-state index in [-0.39, 0.29) is 0 Å². The zero-order chi connectivity index (χ0) is 10.7. The number of aryl methyl sites for hydroxylation is 2. The minimum atomic E-state index is 1.09. The first kappa shape index (κ1) is 10.2. The molecule has 2 aromatic rings. The van der Waals surface area contributed by atoms with Crippen LogP contribution in [0.4, 0.5) is 0 Å². The van der Waals surface area contributed by atoms with Crippen molar-refractivity contribution in [2.75, 3.05) is 13.6 Å². The molecule has 0 aliphatic carbocycles. The third-order valence-electron chi connectivity index (χ3n) is 2.85. The minimum Gasteiger partial charge on any atom is -0.350 e. The normalized spacial score (nSPS) is 11.1. The zero-order valence-corrected chi connectivity index (χ0v) is 9.46. The topological polar surface area (TPSA) is 17.0 Å². The van der Waals surface area contributed by atoms with Gasteiger partial charge in [0.05, 0.1) is 0 Å². The summed E-state index contributed by atoms with van der Waals surface area (Å²) in [5.74, 6) is 0. The van der Waals surface area contributed by atoms with E-state index in [4.69, 9.17) is 0 Å². The van der Waals surface area contributed by atoms with E-state index in [1.807, 2.05) is 7.05 Å². The Bertz CT molecular complexity index is 443. The van der Waals surface area contributed by atoms with Gasteiger partial charge >= 0.3 is 0 Å². The first-order valence-corrected chi connectivity index (χ1v) is 5.50. The number of para-hydroxylation sites is 1. The zero-order valence-electron chi connectivity index (χ0n) is 9.46. The van der Waals surface area contributed by atoms with Gasteiger partial charge in [0.25, 0.3) is 0 Å². The number of fused-ring (bicyclic) bond motifs is 1. The van der Waals surface area contributed by atoms with Crippen molar-refractivity contribution >= 4 is 10.9 Å². The third kappa shape index (κ3) is 2.05. The van der Waals surface area contributed by atoms with Crippen molar-refractivity contribution in [1.29, 1.82) is 0 Å². The largest absolute Gasteiger partial charge is 0.350 e. The van der Waals surface area contributed by atoms with Crippen LogP contribution in [0.2, 0.25) is 0 Å². The van der Waals surface area contributed by atoms with Crippen LogP contribution < -0.4 is 5.32 Å². The Morgan fingerprint density at radius 1 is 1.27 bits per heavy atom. The SMILES string of the molecule is CNCCCc1cn(C)c2ccccc12. The number of nitrogens with zero attached hydrogens (tertiary/aromatic N) is 1. The molecular formula is C13H18N2. The molecule has 80 valence electrons. The van der Waals surface area contributed by atoms with Gasteiger partial charge in [0, 0.05) is 24.1 Å². The van der Waals surface area contributed by atoms with Crippen molar-refractivity contribution in [3.05, 3.63) is 36.0 Å². The lowest BCUT2D eigenvalue weighted by molar-refractivity contribution is 0.725. The summed E-state index contributed by atoms with van der Waals surface area (Å²) in [4.78, 5) is 0. The lowest BCUT2D eigenvalue weighted by Crippen LogP contribution is -2.08. The fourth-order valence-electron chi connectivity index (χ4n) is 2.08. The van der Waals surface area contributed by atoms with E-state index in [0.717, 1.165) is 13.0 Å². The fraction of sp³-hybridized carbons (Fsp3) is 0.385. The van der Waals surface area contributed by atoms with Gasteiger partial charge in [-0.2, -0.15) is 0 Å². The maximum Gasteiger partial charge on any atom is 0.0480 e. The number of rotatable bonds is 4. The van der Waals surface area contributed by atoms with Crippen molar-refractivity contribution in [1.82, 2.24) is 9.88 Å². The van der Waals surface area contributed by atoms with E-state index in [9.17, 15) is 0 Å². The smallest absolute Gasteiger partial charge is 0.0480 e. The molecule has 0 saturated carbocycles. The number of hydrogen-bond acceptors (Lipinski definition) is 1. The van der Waals surface area contributed by atoms with Gasteiger partial charge in [0.2, 0.25) is 0 Å². The Balaban J connectivity index is 2.27. The molecule has 0 saturated heterocycles. The van der Waals surface area contributed by atoms with Crippen LogP contribution in [0.15, 0.2) is 30.5 Å². The van der Waals surface area contributed by atoms with Gasteiger partial charge < -0.3 is 9.88 Å². The summed E-state index contributed by atoms with van der Waals surface area (Å²) in [5, 5.41) is 4.59. The van der Waals surface area contributed by atoms with Gasteiger partial charge in [-0.3, -0.25) is 0 Å². The number of hydrogen-bond donors (Lipinski definition) is 1. The van der Waals surface area contributed by atoms with Crippen LogP contribution in [-0.4, -0.2) is 18.2 Å². The molecule has 1 heterocycles. The highest BCUT2D eigenvalue weighted by Crippen LogP contribution is 2.21. The lowest BCUT2D eigenvalue weighted by Gasteiger charge is -1.98. The molecule has 0 unspecified atom stereocenters. The van der Waals surface area contributed by atoms with E-state index in [1.54, 1.807) is 0 Å². The molecule has 15 heavy (non-hydrogen) atoms. The van der Waals surface area contributed by atoms with E-state index in [0.29, 0.717) is 0 Å². The third-order valence-corrected chi connectivity index (χ3v) is 2.85. The van der Waals surface area contributed by atoms with Crippen molar-refractivity contribution in [3.8, 4) is 0 Å². The van der Waals surface area contributed by atoms with E-state index < -0.39 is 0 Å². The van der Waals surface area contributed by atoms with E-state index in [2.05, 4.69) is 47.4 Å². The average molecular weight is 202 g/mol. The molecule has 0 radical (unpaired) electrons. The molecule has 0 aliphatic rings. The molecule has 0 atom stereocenters. The molecular weight excluding hydrogens is 184 g/mol. The molecule has 0 fully saturated rings. The Kier molecular flexibility index (Phi) is 3.07. The van der Waals surface area contributed by atoms with E-state index >= 15 is 0 Å². The van der Waals surface area contributed by atoms with Crippen LogP contribution in [0.5, 0.6) is 0 Å². The Labute approximate surface area is 90.9 Å². The van der Waals surface area contributed by atoms with Gasteiger partial charge in [0.15, 0.2) is 0 Å². The van der Waals surface area contributed by atoms with Crippen molar-refractivity contribution in [2.24, 2.45) is 7.05 Å². The Morgan fingerprint density at radius 2 is 2.07 bits per heavy atom. The molecule has 0 spiro atoms. The Hall–Kier alpha value is -1.28. The van der Waals surface area contributed by atoms with Crippen molar-refractivity contribution < 1.29 is 0 Å². The van der Waals surface area contributed by atoms with Crippen molar-refractivity contribution in [3.63, 3.8) is 0 Å². The van der Waals surface area contributed by atoms with Crippen LogP contribution in [0, 0.1) is 0 Å². The first-order valence-electron chi connectivity index (χ1n) is 5.50. The summed E-state index contributed by atoms with van der Waals surface area (Å²) in [6.07, 6.45) is 4.60. The second-order valence-electron chi connectivity index (χ2n) is 3.99. The van der Waals surface area contributed by atoms with Gasteiger partial charge in [-0.25, -0.2) is 0 Å². The van der Waals surface area contributed by atoms with Crippen LogP contribution in [0.1, 0.15) is 12.0 Å². The quantitative estimate of drug-likeness (QED) is 0.753. The van der Waals surface area contributed by atoms with Gasteiger partial charge in [0.1, 0.15) is 0 Å². The molecule has 2 heteroatoms. The highest BCUT2D eigenvalue weighted by atomic mass is 14.9. The van der Waals surface area contributed by atoms with Crippen LogP contribution >= 0.6 is 0 Å². The standard InChI is InChI=1S/C13H18N2/c1-14-9-5-6-11-10-15(2)13-8-4-3-7-12(11)13/h3-4,7-8,10,14H,5-6,9H2,1-2H3. The van der Waals surface area contributed by atoms with Crippen LogP contribution in [0.3, 0.4) is 0 Å². The predicted octanol–water partition coefficient (Wildman–Crippen LogP) is 2.33. The van der Waals surface area contributed by atoms with Gasteiger partial charge in [-0.1, -0.05) is 18.2 Å². The molecule has 2 rings (SSSR count). The molecule has 2 nitrogen and oxygen atoms in total. The maximum atomic E-state index is 3.19. The number of aromatic nitrogens is 1. The van der Waals surface area contributed by atoms with E-state index in [1.165, 1.54) is 22.9 Å². The van der Waals surface area contributed by atoms with Gasteiger partial charge in [-0.15, -0.1) is 0 Å². The highest BCUT2D eigenvalue weighted by molar-refractivity contribution is 5.83. The number of nitrogens with one attached hydrogen (secondary N) is 1. The monoisotopic (exact) mass is 202 g/mol. The molecule has 0 aliphatic heterocycles. The van der Waals surface area contributed by atoms with Crippen molar-refractivity contribution in [2.45, 2.75) is 12.8 Å². The first-order chi connectivity index (χ1) is 7.33. The molecule has 1 N–H and O–H groups in total. The highest BCUT2D eigenvalue weighted by Gasteiger charge is 2.04. The summed E-state index contributed by atoms with van der Waals surface area (Å²) in [6, 6.07) is 8.60. The summed E-state index contributed by atoms with van der Waals surface area (Å²) in [5.41, 5.74) is 2.79. The number of benzene rings is 1. The van der Waals surface area contributed by atoms with Gasteiger partial charge in [-0.05, 0) is 38.1 Å². The Morgan fingerprint density at radius 3 is 2.87 bits per heavy atom. The summed E-state index contributed by atoms with van der Waals surface area (Å²) in [7, 11) is 4.12. The average Bonchev–Trinajstić information content (AvgIpc) is 2.58. The molecule has 1 aromatic carbocycles. The summed E-state index contributed by atoms with van der Waals surface area (Å²) in [6.45, 7) is 1.09. The van der Waals surface area contributed by atoms with Crippen LogP contribution in [-0.2, 0) is 13.5 Å². The maximum absolute atomic E-state index is 3.19. The lowest BCUT2D eigenvalue weighted by atomic mass is 10.1. The minimum absolute atomic E-state index is 1.09. The summed E-state index contributed by atoms with van der Waals surface area (Å²) >= 11 is 0. The molecule has 1 aromatic heterocycles. The van der Waals surface area contributed by atoms with Crippen LogP contribution in [0.25, 0.3) is 10.9 Å². The second-order valence-corrected chi connectivity index (χ2v) is 3.99. The predicted molar refractivity (Wildman–Crippen MR) is 65.2 cm³/mol. The molecule has 0 amide bonds. The second kappa shape index (κ2) is 4.49. The fourth-order valence-corrected chi connectivity index (χ4v) is 2.08.